The second-order valence-corrected chi connectivity index (χ2v) is 7.23. The first-order valence-electron chi connectivity index (χ1n) is 9.52. The average Bonchev–Trinajstić information content (AvgIpc) is 3.05. The van der Waals surface area contributed by atoms with Gasteiger partial charge in [0.15, 0.2) is 5.82 Å². The van der Waals surface area contributed by atoms with Crippen LogP contribution < -0.4 is 10.6 Å². The van der Waals surface area contributed by atoms with Crippen LogP contribution in [0.2, 0.25) is 0 Å². The third-order valence-electron chi connectivity index (χ3n) is 5.59. The van der Waals surface area contributed by atoms with Crippen molar-refractivity contribution in [3.8, 4) is 0 Å². The lowest BCUT2D eigenvalue weighted by molar-refractivity contribution is 0.177. The van der Waals surface area contributed by atoms with Gasteiger partial charge in [-0.25, -0.2) is 4.98 Å². The molecule has 1 aliphatic carbocycles. The first-order chi connectivity index (χ1) is 12.2. The van der Waals surface area contributed by atoms with Crippen molar-refractivity contribution in [2.75, 3.05) is 13.6 Å². The SMILES string of the molecule is CNC1(c2ccccc2C)CCCCC1NCCCc1n[nH]c(C)n1. The van der Waals surface area contributed by atoms with E-state index >= 15 is 0 Å². The van der Waals surface area contributed by atoms with E-state index in [-0.39, 0.29) is 5.54 Å². The van der Waals surface area contributed by atoms with Gasteiger partial charge in [0.1, 0.15) is 5.82 Å². The van der Waals surface area contributed by atoms with Crippen molar-refractivity contribution in [2.45, 2.75) is 64.0 Å². The fraction of sp³-hybridized carbons (Fsp3) is 0.600. The van der Waals surface area contributed by atoms with Gasteiger partial charge in [-0.05, 0) is 57.8 Å². The number of rotatable bonds is 7. The Bertz CT molecular complexity index is 680. The average molecular weight is 342 g/mol. The fourth-order valence-electron chi connectivity index (χ4n) is 4.30. The smallest absolute Gasteiger partial charge is 0.150 e. The molecule has 2 unspecified atom stereocenters. The number of benzene rings is 1. The molecule has 0 radical (unpaired) electrons. The zero-order chi connectivity index (χ0) is 17.7. The second-order valence-electron chi connectivity index (χ2n) is 7.23. The lowest BCUT2D eigenvalue weighted by Crippen LogP contribution is -2.58. The summed E-state index contributed by atoms with van der Waals surface area (Å²) < 4.78 is 0. The van der Waals surface area contributed by atoms with Gasteiger partial charge in [-0.3, -0.25) is 5.10 Å². The van der Waals surface area contributed by atoms with E-state index in [1.54, 1.807) is 0 Å². The van der Waals surface area contributed by atoms with Gasteiger partial charge in [-0.1, -0.05) is 37.1 Å². The van der Waals surface area contributed by atoms with Crippen molar-refractivity contribution in [1.29, 1.82) is 0 Å². The molecule has 3 rings (SSSR count). The molecule has 1 aromatic carbocycles. The minimum atomic E-state index is 0.0325. The highest BCUT2D eigenvalue weighted by molar-refractivity contribution is 5.35. The highest BCUT2D eigenvalue weighted by Crippen LogP contribution is 2.38. The number of aryl methyl sites for hydroxylation is 3. The zero-order valence-electron chi connectivity index (χ0n) is 15.7. The van der Waals surface area contributed by atoms with Gasteiger partial charge >= 0.3 is 0 Å². The highest BCUT2D eigenvalue weighted by Gasteiger charge is 2.41. The lowest BCUT2D eigenvalue weighted by Gasteiger charge is -2.46. The number of aromatic amines is 1. The summed E-state index contributed by atoms with van der Waals surface area (Å²) in [6.07, 6.45) is 6.96. The van der Waals surface area contributed by atoms with Crippen molar-refractivity contribution in [2.24, 2.45) is 0 Å². The summed E-state index contributed by atoms with van der Waals surface area (Å²) in [5.41, 5.74) is 2.85. The third-order valence-corrected chi connectivity index (χ3v) is 5.59. The molecule has 3 N–H and O–H groups in total. The molecule has 5 heteroatoms. The van der Waals surface area contributed by atoms with E-state index in [1.165, 1.54) is 36.8 Å². The predicted octanol–water partition coefficient (Wildman–Crippen LogP) is 3.00. The van der Waals surface area contributed by atoms with Crippen LogP contribution in [0.25, 0.3) is 0 Å². The van der Waals surface area contributed by atoms with Crippen molar-refractivity contribution < 1.29 is 0 Å². The minimum absolute atomic E-state index is 0.0325. The highest BCUT2D eigenvalue weighted by atomic mass is 15.2. The Morgan fingerprint density at radius 3 is 2.80 bits per heavy atom. The van der Waals surface area contributed by atoms with Gasteiger partial charge in [-0.15, -0.1) is 0 Å². The third kappa shape index (κ3) is 3.93. The molecule has 0 saturated heterocycles. The van der Waals surface area contributed by atoms with Crippen LogP contribution >= 0.6 is 0 Å². The Morgan fingerprint density at radius 2 is 2.08 bits per heavy atom. The van der Waals surface area contributed by atoms with Crippen molar-refractivity contribution in [3.63, 3.8) is 0 Å². The van der Waals surface area contributed by atoms with E-state index in [9.17, 15) is 0 Å². The Labute approximate surface area is 151 Å². The van der Waals surface area contributed by atoms with Crippen molar-refractivity contribution in [1.82, 2.24) is 25.8 Å². The van der Waals surface area contributed by atoms with Crippen molar-refractivity contribution in [3.05, 3.63) is 47.0 Å². The molecule has 0 aliphatic heterocycles. The summed E-state index contributed by atoms with van der Waals surface area (Å²) in [6.45, 7) is 5.17. The number of H-pyrrole nitrogens is 1. The Hall–Kier alpha value is -1.72. The van der Waals surface area contributed by atoms with Crippen LogP contribution in [0.4, 0.5) is 0 Å². The van der Waals surface area contributed by atoms with Crippen LogP contribution in [0, 0.1) is 13.8 Å². The molecule has 25 heavy (non-hydrogen) atoms. The van der Waals surface area contributed by atoms with Crippen LogP contribution in [0.3, 0.4) is 0 Å². The summed E-state index contributed by atoms with van der Waals surface area (Å²) >= 11 is 0. The van der Waals surface area contributed by atoms with Gasteiger partial charge in [0.2, 0.25) is 0 Å². The monoisotopic (exact) mass is 341 g/mol. The normalized spacial score (nSPS) is 23.7. The van der Waals surface area contributed by atoms with Gasteiger partial charge in [0.05, 0.1) is 5.54 Å². The van der Waals surface area contributed by atoms with E-state index in [1.807, 2.05) is 6.92 Å². The van der Waals surface area contributed by atoms with Crippen LogP contribution in [0.15, 0.2) is 24.3 Å². The van der Waals surface area contributed by atoms with Gasteiger partial charge < -0.3 is 10.6 Å². The molecule has 1 fully saturated rings. The molecule has 1 aromatic heterocycles. The molecule has 2 atom stereocenters. The topological polar surface area (TPSA) is 65.6 Å². The number of likely N-dealkylation sites (N-methyl/N-ethyl adjacent to an activating group) is 1. The molecular formula is C20H31N5. The van der Waals surface area contributed by atoms with Gasteiger partial charge in [0, 0.05) is 12.5 Å². The molecule has 1 aliphatic rings. The van der Waals surface area contributed by atoms with Gasteiger partial charge in [0.25, 0.3) is 0 Å². The van der Waals surface area contributed by atoms with Crippen molar-refractivity contribution >= 4 is 0 Å². The van der Waals surface area contributed by atoms with E-state index in [0.29, 0.717) is 6.04 Å². The minimum Gasteiger partial charge on any atom is -0.312 e. The maximum absolute atomic E-state index is 4.39. The Balaban J connectivity index is 1.66. The van der Waals surface area contributed by atoms with Crippen LogP contribution in [-0.4, -0.2) is 34.8 Å². The molecule has 1 saturated carbocycles. The molecule has 0 bridgehead atoms. The molecular weight excluding hydrogens is 310 g/mol. The molecule has 1 heterocycles. The van der Waals surface area contributed by atoms with Gasteiger partial charge in [-0.2, -0.15) is 5.10 Å². The van der Waals surface area contributed by atoms with Crippen LogP contribution in [0.5, 0.6) is 0 Å². The number of aromatic nitrogens is 3. The van der Waals surface area contributed by atoms with E-state index in [4.69, 9.17) is 0 Å². The van der Waals surface area contributed by atoms with E-state index < -0.39 is 0 Å². The first-order valence-corrected chi connectivity index (χ1v) is 9.52. The quantitative estimate of drug-likeness (QED) is 0.677. The molecule has 5 nitrogen and oxygen atoms in total. The maximum Gasteiger partial charge on any atom is 0.150 e. The summed E-state index contributed by atoms with van der Waals surface area (Å²) in [7, 11) is 2.11. The zero-order valence-corrected chi connectivity index (χ0v) is 15.7. The molecule has 0 spiro atoms. The maximum atomic E-state index is 4.39. The second kappa shape index (κ2) is 8.11. The predicted molar refractivity (Wildman–Crippen MR) is 102 cm³/mol. The lowest BCUT2D eigenvalue weighted by atomic mass is 9.71. The Morgan fingerprint density at radius 1 is 1.24 bits per heavy atom. The number of hydrogen-bond acceptors (Lipinski definition) is 4. The Kier molecular flexibility index (Phi) is 5.86. The first kappa shape index (κ1) is 18.1. The fourth-order valence-corrected chi connectivity index (χ4v) is 4.30. The molecule has 2 aromatic rings. The standard InChI is InChI=1S/C20H31N5/c1-15-9-4-5-10-17(15)20(21-3)13-7-6-11-18(20)22-14-8-12-19-23-16(2)24-25-19/h4-5,9-10,18,21-22H,6-8,11-14H2,1-3H3,(H,23,24,25). The van der Waals surface area contributed by atoms with Crippen LogP contribution in [0.1, 0.15) is 54.9 Å². The number of nitrogens with zero attached hydrogens (tertiary/aromatic N) is 2. The molecule has 0 amide bonds. The summed E-state index contributed by atoms with van der Waals surface area (Å²) in [5, 5.41) is 14.7. The number of hydrogen-bond donors (Lipinski definition) is 3. The molecule has 136 valence electrons. The number of nitrogens with one attached hydrogen (secondary N) is 3. The summed E-state index contributed by atoms with van der Waals surface area (Å²) in [4.78, 5) is 4.39. The largest absolute Gasteiger partial charge is 0.312 e. The van der Waals surface area contributed by atoms with Crippen LogP contribution in [-0.2, 0) is 12.0 Å². The summed E-state index contributed by atoms with van der Waals surface area (Å²) in [6, 6.07) is 9.28. The summed E-state index contributed by atoms with van der Waals surface area (Å²) in [5.74, 6) is 1.81. The van der Waals surface area contributed by atoms with E-state index in [2.05, 4.69) is 64.1 Å². The van der Waals surface area contributed by atoms with E-state index in [0.717, 1.165) is 31.0 Å².